The van der Waals surface area contributed by atoms with Crippen molar-refractivity contribution in [3.63, 3.8) is 0 Å². The van der Waals surface area contributed by atoms with Gasteiger partial charge >= 0.3 is 5.97 Å². The van der Waals surface area contributed by atoms with Crippen LogP contribution in [0, 0.1) is 11.3 Å². The highest BCUT2D eigenvalue weighted by atomic mass is 16.5. The normalized spacial score (nSPS) is 10.3. The minimum absolute atomic E-state index is 0.186. The summed E-state index contributed by atoms with van der Waals surface area (Å²) >= 11 is 0. The lowest BCUT2D eigenvalue weighted by atomic mass is 10.2. The van der Waals surface area contributed by atoms with E-state index in [1.165, 1.54) is 24.9 Å². The van der Waals surface area contributed by atoms with Crippen LogP contribution in [0.25, 0.3) is 10.9 Å². The predicted molar refractivity (Wildman–Crippen MR) is 100 cm³/mol. The molecule has 0 spiro atoms. The second kappa shape index (κ2) is 8.22. The topological polar surface area (TPSA) is 103 Å². The Morgan fingerprint density at radius 3 is 2.68 bits per heavy atom. The number of ether oxygens (including phenoxy) is 3. The second-order valence-corrected chi connectivity index (χ2v) is 5.74. The first kappa shape index (κ1) is 18.9. The summed E-state index contributed by atoms with van der Waals surface area (Å²) in [6.07, 6.45) is 0. The molecule has 1 aromatic heterocycles. The Hall–Kier alpha value is -3.86. The van der Waals surface area contributed by atoms with Crippen LogP contribution in [0.3, 0.4) is 0 Å². The summed E-state index contributed by atoms with van der Waals surface area (Å²) in [4.78, 5) is 29.5. The largest absolute Gasteiger partial charge is 0.497 e. The van der Waals surface area contributed by atoms with Crippen LogP contribution < -0.4 is 15.0 Å². The summed E-state index contributed by atoms with van der Waals surface area (Å²) in [5.41, 5.74) is 0.313. The quantitative estimate of drug-likeness (QED) is 0.605. The average molecular weight is 379 g/mol. The molecule has 8 heteroatoms. The highest BCUT2D eigenvalue weighted by molar-refractivity contribution is 5.92. The number of hydrogen-bond donors (Lipinski definition) is 0. The van der Waals surface area contributed by atoms with Crippen LogP contribution in [0.5, 0.6) is 11.5 Å². The van der Waals surface area contributed by atoms with Gasteiger partial charge in [0.1, 0.15) is 30.2 Å². The molecule has 0 saturated heterocycles. The smallest absolute Gasteiger partial charge is 0.342 e. The van der Waals surface area contributed by atoms with Crippen molar-refractivity contribution < 1.29 is 19.0 Å². The molecular formula is C20H17N3O5. The summed E-state index contributed by atoms with van der Waals surface area (Å²) in [6, 6.07) is 13.4. The highest BCUT2D eigenvalue weighted by Gasteiger charge is 2.17. The molecule has 1 heterocycles. The summed E-state index contributed by atoms with van der Waals surface area (Å²) in [7, 11) is 2.94. The number of nitrogens with zero attached hydrogens (tertiary/aromatic N) is 3. The van der Waals surface area contributed by atoms with Crippen LogP contribution in [0.4, 0.5) is 0 Å². The number of para-hydroxylation sites is 1. The fraction of sp³-hybridized carbons (Fsp3) is 0.200. The lowest BCUT2D eigenvalue weighted by Crippen LogP contribution is -2.26. The van der Waals surface area contributed by atoms with Crippen molar-refractivity contribution in [3.05, 3.63) is 64.2 Å². The lowest BCUT2D eigenvalue weighted by molar-refractivity contribution is 0.0453. The molecule has 0 saturated carbocycles. The first-order valence-electron chi connectivity index (χ1n) is 8.33. The fourth-order valence-corrected chi connectivity index (χ4v) is 2.73. The van der Waals surface area contributed by atoms with Gasteiger partial charge in [0.2, 0.25) is 0 Å². The van der Waals surface area contributed by atoms with E-state index in [4.69, 9.17) is 19.5 Å². The summed E-state index contributed by atoms with van der Waals surface area (Å²) in [5.74, 6) is 0.370. The molecule has 28 heavy (non-hydrogen) atoms. The molecule has 0 aliphatic carbocycles. The number of rotatable bonds is 6. The molecule has 8 nitrogen and oxygen atoms in total. The number of benzene rings is 2. The number of fused-ring (bicyclic) bond motifs is 1. The van der Waals surface area contributed by atoms with E-state index in [0.717, 1.165) is 0 Å². The molecule has 2 aromatic carbocycles. The molecule has 0 aliphatic rings. The van der Waals surface area contributed by atoms with Crippen molar-refractivity contribution in [2.24, 2.45) is 0 Å². The van der Waals surface area contributed by atoms with E-state index in [1.54, 1.807) is 36.4 Å². The highest BCUT2D eigenvalue weighted by Crippen LogP contribution is 2.25. The zero-order valence-electron chi connectivity index (χ0n) is 15.3. The van der Waals surface area contributed by atoms with Gasteiger partial charge in [-0.1, -0.05) is 12.1 Å². The second-order valence-electron chi connectivity index (χ2n) is 5.74. The maximum absolute atomic E-state index is 12.6. The van der Waals surface area contributed by atoms with E-state index >= 15 is 0 Å². The standard InChI is InChI=1S/C20H17N3O5/c1-26-13-7-8-15(17(11-13)27-2)20(25)28-12-18-22-16-6-4-3-5-14(16)19(24)23(18)10-9-21/h3-8,11H,10,12H2,1-2H3. The van der Waals surface area contributed by atoms with Crippen molar-refractivity contribution in [3.8, 4) is 17.6 Å². The molecule has 0 bridgehead atoms. The van der Waals surface area contributed by atoms with E-state index < -0.39 is 5.97 Å². The number of carbonyl (C=O) groups excluding carboxylic acids is 1. The molecule has 0 aliphatic heterocycles. The van der Waals surface area contributed by atoms with E-state index in [-0.39, 0.29) is 30.1 Å². The van der Waals surface area contributed by atoms with Gasteiger partial charge in [-0.15, -0.1) is 0 Å². The van der Waals surface area contributed by atoms with Crippen molar-refractivity contribution in [1.82, 2.24) is 9.55 Å². The number of carbonyl (C=O) groups is 1. The molecule has 0 fully saturated rings. The monoisotopic (exact) mass is 379 g/mol. The predicted octanol–water partition coefficient (Wildman–Crippen LogP) is 2.29. The summed E-state index contributed by atoms with van der Waals surface area (Å²) < 4.78 is 16.8. The van der Waals surface area contributed by atoms with E-state index in [1.807, 2.05) is 6.07 Å². The van der Waals surface area contributed by atoms with E-state index in [0.29, 0.717) is 22.4 Å². The number of methoxy groups -OCH3 is 2. The van der Waals surface area contributed by atoms with Crippen LogP contribution in [0.1, 0.15) is 16.2 Å². The van der Waals surface area contributed by atoms with E-state index in [2.05, 4.69) is 4.98 Å². The molecule has 3 aromatic rings. The van der Waals surface area contributed by atoms with Gasteiger partial charge in [0.15, 0.2) is 5.82 Å². The molecular weight excluding hydrogens is 362 g/mol. The lowest BCUT2D eigenvalue weighted by Gasteiger charge is -2.13. The van der Waals surface area contributed by atoms with E-state index in [9.17, 15) is 9.59 Å². The maximum Gasteiger partial charge on any atom is 0.342 e. The maximum atomic E-state index is 12.6. The zero-order chi connectivity index (χ0) is 20.1. The van der Waals surface area contributed by atoms with Crippen LogP contribution >= 0.6 is 0 Å². The fourth-order valence-electron chi connectivity index (χ4n) is 2.73. The Labute approximate surface area is 160 Å². The van der Waals surface area contributed by atoms with Crippen LogP contribution in [-0.2, 0) is 17.9 Å². The zero-order valence-corrected chi connectivity index (χ0v) is 15.3. The van der Waals surface area contributed by atoms with Crippen LogP contribution in [0.2, 0.25) is 0 Å². The van der Waals surface area contributed by atoms with Gasteiger partial charge in [-0.3, -0.25) is 9.36 Å². The number of nitriles is 1. The van der Waals surface area contributed by atoms with Gasteiger partial charge in [0.25, 0.3) is 5.56 Å². The summed E-state index contributed by atoms with van der Waals surface area (Å²) in [5, 5.41) is 9.43. The first-order chi connectivity index (χ1) is 13.6. The summed E-state index contributed by atoms with van der Waals surface area (Å²) in [6.45, 7) is -0.467. The number of hydrogen-bond acceptors (Lipinski definition) is 7. The third-order valence-corrected chi connectivity index (χ3v) is 4.13. The third-order valence-electron chi connectivity index (χ3n) is 4.13. The van der Waals surface area contributed by atoms with Gasteiger partial charge in [-0.05, 0) is 24.3 Å². The minimum Gasteiger partial charge on any atom is -0.497 e. The molecule has 0 atom stereocenters. The Morgan fingerprint density at radius 2 is 1.96 bits per heavy atom. The van der Waals surface area contributed by atoms with Gasteiger partial charge in [-0.2, -0.15) is 5.26 Å². The molecule has 0 amide bonds. The molecule has 0 N–H and O–H groups in total. The molecule has 3 rings (SSSR count). The van der Waals surface area contributed by atoms with Gasteiger partial charge in [0.05, 0.1) is 31.2 Å². The number of aromatic nitrogens is 2. The average Bonchev–Trinajstić information content (AvgIpc) is 2.73. The van der Waals surface area contributed by atoms with Gasteiger partial charge in [-0.25, -0.2) is 9.78 Å². The Bertz CT molecular complexity index is 1130. The Morgan fingerprint density at radius 1 is 1.18 bits per heavy atom. The van der Waals surface area contributed by atoms with Crippen LogP contribution in [-0.4, -0.2) is 29.7 Å². The molecule has 0 radical (unpaired) electrons. The van der Waals surface area contributed by atoms with Gasteiger partial charge in [0, 0.05) is 6.07 Å². The van der Waals surface area contributed by atoms with Crippen molar-refractivity contribution >= 4 is 16.9 Å². The third kappa shape index (κ3) is 3.64. The Kier molecular flexibility index (Phi) is 5.56. The molecule has 0 unspecified atom stereocenters. The van der Waals surface area contributed by atoms with Crippen molar-refractivity contribution in [2.45, 2.75) is 13.2 Å². The first-order valence-corrected chi connectivity index (χ1v) is 8.33. The Balaban J connectivity index is 1.91. The molecule has 142 valence electrons. The van der Waals surface area contributed by atoms with Crippen molar-refractivity contribution in [1.29, 1.82) is 5.26 Å². The number of esters is 1. The minimum atomic E-state index is -0.648. The van der Waals surface area contributed by atoms with Crippen molar-refractivity contribution in [2.75, 3.05) is 14.2 Å². The van der Waals surface area contributed by atoms with Crippen LogP contribution in [0.15, 0.2) is 47.3 Å². The van der Waals surface area contributed by atoms with Gasteiger partial charge < -0.3 is 14.2 Å². The SMILES string of the molecule is COc1ccc(C(=O)OCc2nc3ccccc3c(=O)n2CC#N)c(OC)c1.